The van der Waals surface area contributed by atoms with Gasteiger partial charge in [-0.3, -0.25) is 4.79 Å². The zero-order valence-corrected chi connectivity index (χ0v) is 11.1. The highest BCUT2D eigenvalue weighted by molar-refractivity contribution is 5.86. The molecule has 0 fully saturated rings. The van der Waals surface area contributed by atoms with Gasteiger partial charge in [0.05, 0.1) is 5.41 Å². The molecule has 2 rings (SSSR count). The molecule has 0 radical (unpaired) electrons. The fourth-order valence-electron chi connectivity index (χ4n) is 2.10. The maximum absolute atomic E-state index is 13.7. The number of benzene rings is 2. The predicted molar refractivity (Wildman–Crippen MR) is 73.6 cm³/mol. The molecule has 19 heavy (non-hydrogen) atoms. The number of carbonyl (C=O) groups is 1. The molecule has 100 valence electrons. The summed E-state index contributed by atoms with van der Waals surface area (Å²) in [6.07, 6.45) is 1.15. The van der Waals surface area contributed by atoms with Gasteiger partial charge >= 0.3 is 5.97 Å². The van der Waals surface area contributed by atoms with E-state index < -0.39 is 11.4 Å². The van der Waals surface area contributed by atoms with Gasteiger partial charge in [0, 0.05) is 5.39 Å². The Hall–Kier alpha value is -1.90. The van der Waals surface area contributed by atoms with Crippen molar-refractivity contribution < 1.29 is 14.3 Å². The van der Waals surface area contributed by atoms with Crippen LogP contribution in [0.1, 0.15) is 25.8 Å². The molecule has 2 aromatic rings. The number of halogens is 1. The Morgan fingerprint density at radius 2 is 1.79 bits per heavy atom. The fourth-order valence-corrected chi connectivity index (χ4v) is 2.10. The van der Waals surface area contributed by atoms with Crippen molar-refractivity contribution >= 4 is 16.7 Å². The second-order valence-electron chi connectivity index (χ2n) is 5.44. The van der Waals surface area contributed by atoms with Crippen LogP contribution >= 0.6 is 0 Å². The molecule has 1 N–H and O–H groups in total. The monoisotopic (exact) mass is 260 g/mol. The van der Waals surface area contributed by atoms with E-state index in [0.717, 1.165) is 10.9 Å². The Morgan fingerprint density at radius 3 is 2.42 bits per heavy atom. The largest absolute Gasteiger partial charge is 0.481 e. The lowest BCUT2D eigenvalue weighted by Crippen LogP contribution is -2.24. The average Bonchev–Trinajstić information content (AvgIpc) is 2.38. The predicted octanol–water partition coefficient (Wildman–Crippen LogP) is 4.02. The third-order valence-corrected chi connectivity index (χ3v) is 3.56. The van der Waals surface area contributed by atoms with Crippen LogP contribution in [-0.2, 0) is 11.2 Å². The molecule has 0 spiro atoms. The van der Waals surface area contributed by atoms with Crippen LogP contribution in [0.2, 0.25) is 0 Å². The van der Waals surface area contributed by atoms with E-state index in [0.29, 0.717) is 18.2 Å². The molecule has 0 aliphatic carbocycles. The van der Waals surface area contributed by atoms with Crippen molar-refractivity contribution in [3.63, 3.8) is 0 Å². The molecule has 2 nitrogen and oxygen atoms in total. The second-order valence-corrected chi connectivity index (χ2v) is 5.44. The van der Waals surface area contributed by atoms with Gasteiger partial charge < -0.3 is 5.11 Å². The smallest absolute Gasteiger partial charge is 0.309 e. The molecule has 0 heterocycles. The van der Waals surface area contributed by atoms with Crippen LogP contribution in [0.5, 0.6) is 0 Å². The molecule has 0 unspecified atom stereocenters. The summed E-state index contributed by atoms with van der Waals surface area (Å²) in [6, 6.07) is 10.5. The zero-order chi connectivity index (χ0) is 14.0. The molecule has 0 amide bonds. The van der Waals surface area contributed by atoms with Gasteiger partial charge in [0.2, 0.25) is 0 Å². The van der Waals surface area contributed by atoms with E-state index in [-0.39, 0.29) is 5.82 Å². The van der Waals surface area contributed by atoms with E-state index in [9.17, 15) is 9.18 Å². The number of rotatable bonds is 4. The standard InChI is InChI=1S/C16H17FO2/c1-16(2,15(18)19)10-9-11-7-8-14(17)13-6-4-3-5-12(11)13/h3-8H,9-10H2,1-2H3,(H,18,19). The van der Waals surface area contributed by atoms with Crippen molar-refractivity contribution in [2.24, 2.45) is 5.41 Å². The highest BCUT2D eigenvalue weighted by Crippen LogP contribution is 2.27. The van der Waals surface area contributed by atoms with Crippen molar-refractivity contribution in [3.8, 4) is 0 Å². The third-order valence-electron chi connectivity index (χ3n) is 3.56. The maximum atomic E-state index is 13.7. The summed E-state index contributed by atoms with van der Waals surface area (Å²) in [5.41, 5.74) is 0.224. The molecule has 3 heteroatoms. The van der Waals surface area contributed by atoms with Crippen LogP contribution < -0.4 is 0 Å². The van der Waals surface area contributed by atoms with E-state index in [2.05, 4.69) is 0 Å². The maximum Gasteiger partial charge on any atom is 0.309 e. The minimum Gasteiger partial charge on any atom is -0.481 e. The van der Waals surface area contributed by atoms with Gasteiger partial charge in [0.15, 0.2) is 0 Å². The lowest BCUT2D eigenvalue weighted by atomic mass is 9.85. The molecule has 2 aromatic carbocycles. The van der Waals surface area contributed by atoms with Crippen LogP contribution in [0.15, 0.2) is 36.4 Å². The van der Waals surface area contributed by atoms with Crippen LogP contribution in [0.3, 0.4) is 0 Å². The Labute approximate surface area is 111 Å². The zero-order valence-electron chi connectivity index (χ0n) is 11.1. The third kappa shape index (κ3) is 2.75. The van der Waals surface area contributed by atoms with Gasteiger partial charge in [-0.1, -0.05) is 30.3 Å². The lowest BCUT2D eigenvalue weighted by Gasteiger charge is -2.19. The Kier molecular flexibility index (Phi) is 3.56. The van der Waals surface area contributed by atoms with Crippen molar-refractivity contribution in [2.45, 2.75) is 26.7 Å². The molecule has 0 bridgehead atoms. The van der Waals surface area contributed by atoms with Gasteiger partial charge in [-0.15, -0.1) is 0 Å². The SMILES string of the molecule is CC(C)(CCc1ccc(F)c2ccccc12)C(=O)O. The number of carboxylic acids is 1. The highest BCUT2D eigenvalue weighted by Gasteiger charge is 2.26. The number of hydrogen-bond acceptors (Lipinski definition) is 1. The quantitative estimate of drug-likeness (QED) is 0.901. The van der Waals surface area contributed by atoms with Crippen molar-refractivity contribution in [1.29, 1.82) is 0 Å². The first-order chi connectivity index (χ1) is 8.92. The minimum atomic E-state index is -0.807. The summed E-state index contributed by atoms with van der Waals surface area (Å²) < 4.78 is 13.7. The number of hydrogen-bond donors (Lipinski definition) is 1. The van der Waals surface area contributed by atoms with Crippen LogP contribution in [0.4, 0.5) is 4.39 Å². The fraction of sp³-hybridized carbons (Fsp3) is 0.312. The molecule has 0 aliphatic rings. The summed E-state index contributed by atoms with van der Waals surface area (Å²) in [4.78, 5) is 11.1. The summed E-state index contributed by atoms with van der Waals surface area (Å²) in [7, 11) is 0. The first kappa shape index (κ1) is 13.5. The molecule has 0 aliphatic heterocycles. The molecule has 0 saturated carbocycles. The van der Waals surface area contributed by atoms with E-state index in [1.807, 2.05) is 12.1 Å². The molecular formula is C16H17FO2. The average molecular weight is 260 g/mol. The minimum absolute atomic E-state index is 0.239. The summed E-state index contributed by atoms with van der Waals surface area (Å²) in [5, 5.41) is 10.6. The van der Waals surface area contributed by atoms with Gasteiger partial charge in [0.1, 0.15) is 5.82 Å². The number of aryl methyl sites for hydroxylation is 1. The van der Waals surface area contributed by atoms with Crippen molar-refractivity contribution in [2.75, 3.05) is 0 Å². The molecule has 0 atom stereocenters. The molecule has 0 aromatic heterocycles. The van der Waals surface area contributed by atoms with E-state index in [1.54, 1.807) is 32.0 Å². The van der Waals surface area contributed by atoms with Crippen molar-refractivity contribution in [1.82, 2.24) is 0 Å². The molecule has 0 saturated heterocycles. The lowest BCUT2D eigenvalue weighted by molar-refractivity contribution is -0.147. The first-order valence-electron chi connectivity index (χ1n) is 6.31. The number of carboxylic acid groups (broad SMARTS) is 1. The van der Waals surface area contributed by atoms with Gasteiger partial charge in [0.25, 0.3) is 0 Å². The van der Waals surface area contributed by atoms with E-state index in [4.69, 9.17) is 5.11 Å². The normalized spacial score (nSPS) is 11.7. The Bertz CT molecular complexity index is 617. The van der Waals surface area contributed by atoms with Crippen LogP contribution in [-0.4, -0.2) is 11.1 Å². The van der Waals surface area contributed by atoms with Crippen LogP contribution in [0.25, 0.3) is 10.8 Å². The summed E-state index contributed by atoms with van der Waals surface area (Å²) >= 11 is 0. The highest BCUT2D eigenvalue weighted by atomic mass is 19.1. The van der Waals surface area contributed by atoms with Crippen molar-refractivity contribution in [3.05, 3.63) is 47.8 Å². The number of fused-ring (bicyclic) bond motifs is 1. The Morgan fingerprint density at radius 1 is 1.16 bits per heavy atom. The van der Waals surface area contributed by atoms with Gasteiger partial charge in [-0.25, -0.2) is 4.39 Å². The van der Waals surface area contributed by atoms with Gasteiger partial charge in [-0.2, -0.15) is 0 Å². The topological polar surface area (TPSA) is 37.3 Å². The first-order valence-corrected chi connectivity index (χ1v) is 6.31. The summed E-state index contributed by atoms with van der Waals surface area (Å²) in [5.74, 6) is -1.05. The molecular weight excluding hydrogens is 243 g/mol. The van der Waals surface area contributed by atoms with Crippen LogP contribution in [0, 0.1) is 11.2 Å². The van der Waals surface area contributed by atoms with E-state index >= 15 is 0 Å². The second kappa shape index (κ2) is 5.00. The summed E-state index contributed by atoms with van der Waals surface area (Å²) in [6.45, 7) is 3.42. The van der Waals surface area contributed by atoms with Gasteiger partial charge in [-0.05, 0) is 43.7 Å². The Balaban J connectivity index is 2.32. The van der Waals surface area contributed by atoms with E-state index in [1.165, 1.54) is 6.07 Å². The number of aliphatic carboxylic acids is 1.